The van der Waals surface area contributed by atoms with Gasteiger partial charge in [-0.1, -0.05) is 66.7 Å². The summed E-state index contributed by atoms with van der Waals surface area (Å²) in [4.78, 5) is 29.2. The van der Waals surface area contributed by atoms with E-state index in [0.717, 1.165) is 22.4 Å². The van der Waals surface area contributed by atoms with Crippen LogP contribution in [0, 0.1) is 0 Å². The molecular formula is C32H25NO5. The molecule has 2 heterocycles. The molecule has 1 aliphatic rings. The molecule has 38 heavy (non-hydrogen) atoms. The monoisotopic (exact) mass is 503 g/mol. The van der Waals surface area contributed by atoms with Crippen LogP contribution >= 0.6 is 0 Å². The first-order valence-electron chi connectivity index (χ1n) is 12.4. The van der Waals surface area contributed by atoms with Gasteiger partial charge >= 0.3 is 0 Å². The quantitative estimate of drug-likeness (QED) is 0.267. The largest absolute Gasteiger partial charge is 0.497 e. The highest BCUT2D eigenvalue weighted by Gasteiger charge is 2.42. The molecule has 6 nitrogen and oxygen atoms in total. The zero-order valence-corrected chi connectivity index (χ0v) is 20.8. The van der Waals surface area contributed by atoms with Crippen molar-refractivity contribution in [2.24, 2.45) is 0 Å². The van der Waals surface area contributed by atoms with Gasteiger partial charge in [0, 0.05) is 6.54 Å². The van der Waals surface area contributed by atoms with Crippen molar-refractivity contribution in [1.82, 2.24) is 4.90 Å². The number of amides is 1. The summed E-state index contributed by atoms with van der Waals surface area (Å²) in [6.07, 6.45) is 0. The minimum atomic E-state index is -0.624. The number of carbonyl (C=O) groups is 1. The smallest absolute Gasteiger partial charge is 0.291 e. The fourth-order valence-corrected chi connectivity index (χ4v) is 4.92. The molecule has 1 unspecified atom stereocenters. The summed E-state index contributed by atoms with van der Waals surface area (Å²) in [5.74, 6) is 1.15. The van der Waals surface area contributed by atoms with E-state index in [4.69, 9.17) is 13.9 Å². The van der Waals surface area contributed by atoms with Gasteiger partial charge in [-0.05, 0) is 53.1 Å². The van der Waals surface area contributed by atoms with Crippen LogP contribution in [0.25, 0.3) is 11.0 Å². The summed E-state index contributed by atoms with van der Waals surface area (Å²) in [6, 6.07) is 31.4. The third-order valence-electron chi connectivity index (χ3n) is 6.81. The molecule has 0 saturated carbocycles. The molecule has 0 saturated heterocycles. The lowest BCUT2D eigenvalue weighted by molar-refractivity contribution is 0.0714. The van der Waals surface area contributed by atoms with Crippen LogP contribution in [0.1, 0.15) is 38.9 Å². The maximum absolute atomic E-state index is 13.7. The van der Waals surface area contributed by atoms with Crippen LogP contribution < -0.4 is 14.9 Å². The lowest BCUT2D eigenvalue weighted by Gasteiger charge is -2.25. The predicted octanol–water partition coefficient (Wildman–Crippen LogP) is 6.13. The molecule has 0 bridgehead atoms. The standard InChI is InChI=1S/C32H25NO5/c1-36-24-16-14-21(15-17-24)19-33-29(23-10-7-11-25(18-23)37-20-22-8-3-2-4-9-22)28-30(34)26-12-5-6-13-27(26)38-31(28)32(33)35/h2-18,29H,19-20H2,1H3. The van der Waals surface area contributed by atoms with Crippen LogP contribution in [0.3, 0.4) is 0 Å². The number of nitrogens with zero attached hydrogens (tertiary/aromatic N) is 1. The summed E-state index contributed by atoms with van der Waals surface area (Å²) in [5.41, 5.74) is 3.28. The van der Waals surface area contributed by atoms with Crippen molar-refractivity contribution in [3.05, 3.63) is 141 Å². The Balaban J connectivity index is 1.42. The fourth-order valence-electron chi connectivity index (χ4n) is 4.92. The molecule has 1 aliphatic heterocycles. The molecule has 188 valence electrons. The van der Waals surface area contributed by atoms with E-state index >= 15 is 0 Å². The second-order valence-corrected chi connectivity index (χ2v) is 9.20. The molecule has 6 rings (SSSR count). The molecule has 1 atom stereocenters. The number of rotatable bonds is 7. The predicted molar refractivity (Wildman–Crippen MR) is 144 cm³/mol. The minimum Gasteiger partial charge on any atom is -0.497 e. The summed E-state index contributed by atoms with van der Waals surface area (Å²) in [5, 5.41) is 0.451. The molecule has 0 radical (unpaired) electrons. The van der Waals surface area contributed by atoms with Gasteiger partial charge in [-0.15, -0.1) is 0 Å². The highest BCUT2D eigenvalue weighted by atomic mass is 16.5. The van der Waals surface area contributed by atoms with Crippen LogP contribution in [-0.4, -0.2) is 17.9 Å². The summed E-state index contributed by atoms with van der Waals surface area (Å²) >= 11 is 0. The molecule has 5 aromatic rings. The number of methoxy groups -OCH3 is 1. The van der Waals surface area contributed by atoms with E-state index in [1.54, 1.807) is 36.3 Å². The Kier molecular flexibility index (Phi) is 6.14. The Labute approximate surface area is 219 Å². The van der Waals surface area contributed by atoms with Crippen molar-refractivity contribution in [3.63, 3.8) is 0 Å². The zero-order valence-electron chi connectivity index (χ0n) is 20.8. The fraction of sp³-hybridized carbons (Fsp3) is 0.125. The van der Waals surface area contributed by atoms with Gasteiger partial charge in [-0.2, -0.15) is 0 Å². The molecule has 0 spiro atoms. The SMILES string of the molecule is COc1ccc(CN2C(=O)c3oc4ccccc4c(=O)c3C2c2cccc(OCc3ccccc3)c2)cc1. The first kappa shape index (κ1) is 23.6. The second kappa shape index (κ2) is 9.90. The summed E-state index contributed by atoms with van der Waals surface area (Å²) in [7, 11) is 1.61. The topological polar surface area (TPSA) is 69.0 Å². The molecule has 4 aromatic carbocycles. The van der Waals surface area contributed by atoms with Gasteiger partial charge < -0.3 is 18.8 Å². The van der Waals surface area contributed by atoms with Gasteiger partial charge in [0.05, 0.1) is 24.1 Å². The molecular weight excluding hydrogens is 478 g/mol. The number of benzene rings is 4. The van der Waals surface area contributed by atoms with Gasteiger partial charge in [0.2, 0.25) is 5.76 Å². The third kappa shape index (κ3) is 4.30. The van der Waals surface area contributed by atoms with E-state index < -0.39 is 6.04 Å². The first-order valence-corrected chi connectivity index (χ1v) is 12.4. The number of hydrogen-bond acceptors (Lipinski definition) is 5. The normalized spacial score (nSPS) is 14.5. The highest BCUT2D eigenvalue weighted by molar-refractivity contribution is 5.99. The first-order chi connectivity index (χ1) is 18.6. The van der Waals surface area contributed by atoms with E-state index in [0.29, 0.717) is 35.4 Å². The molecule has 1 amide bonds. The number of fused-ring (bicyclic) bond motifs is 2. The van der Waals surface area contributed by atoms with Crippen LogP contribution in [0.15, 0.2) is 112 Å². The minimum absolute atomic E-state index is 0.0859. The van der Waals surface area contributed by atoms with Crippen molar-refractivity contribution in [2.75, 3.05) is 7.11 Å². The Bertz CT molecular complexity index is 1670. The van der Waals surface area contributed by atoms with Gasteiger partial charge in [-0.25, -0.2) is 0 Å². The van der Waals surface area contributed by atoms with Crippen molar-refractivity contribution < 1.29 is 18.7 Å². The Morgan fingerprint density at radius 2 is 1.55 bits per heavy atom. The molecule has 0 fully saturated rings. The number of hydrogen-bond donors (Lipinski definition) is 0. The van der Waals surface area contributed by atoms with E-state index in [1.807, 2.05) is 78.9 Å². The summed E-state index contributed by atoms with van der Waals surface area (Å²) in [6.45, 7) is 0.704. The van der Waals surface area contributed by atoms with Gasteiger partial charge in [0.1, 0.15) is 23.7 Å². The molecule has 1 aromatic heterocycles. The van der Waals surface area contributed by atoms with Crippen molar-refractivity contribution in [1.29, 1.82) is 0 Å². The average Bonchev–Trinajstić information content (AvgIpc) is 3.24. The number of para-hydroxylation sites is 1. The average molecular weight is 504 g/mol. The second-order valence-electron chi connectivity index (χ2n) is 9.20. The maximum atomic E-state index is 13.7. The van der Waals surface area contributed by atoms with Crippen molar-refractivity contribution >= 4 is 16.9 Å². The van der Waals surface area contributed by atoms with Crippen LogP contribution in [0.5, 0.6) is 11.5 Å². The lowest BCUT2D eigenvalue weighted by atomic mass is 9.98. The third-order valence-corrected chi connectivity index (χ3v) is 6.81. The number of ether oxygens (including phenoxy) is 2. The van der Waals surface area contributed by atoms with Crippen LogP contribution in [-0.2, 0) is 13.2 Å². The Hall–Kier alpha value is -4.84. The zero-order chi connectivity index (χ0) is 26.1. The van der Waals surface area contributed by atoms with Crippen molar-refractivity contribution in [2.45, 2.75) is 19.2 Å². The molecule has 0 aliphatic carbocycles. The Morgan fingerprint density at radius 3 is 2.34 bits per heavy atom. The van der Waals surface area contributed by atoms with Crippen LogP contribution in [0.2, 0.25) is 0 Å². The number of carbonyl (C=O) groups excluding carboxylic acids is 1. The maximum Gasteiger partial charge on any atom is 0.291 e. The van der Waals surface area contributed by atoms with Crippen LogP contribution in [0.4, 0.5) is 0 Å². The molecule has 0 N–H and O–H groups in total. The van der Waals surface area contributed by atoms with E-state index in [2.05, 4.69) is 0 Å². The van der Waals surface area contributed by atoms with Gasteiger partial charge in [0.25, 0.3) is 5.91 Å². The van der Waals surface area contributed by atoms with Crippen molar-refractivity contribution in [3.8, 4) is 11.5 Å². The summed E-state index contributed by atoms with van der Waals surface area (Å²) < 4.78 is 17.4. The van der Waals surface area contributed by atoms with Gasteiger partial charge in [-0.3, -0.25) is 9.59 Å². The Morgan fingerprint density at radius 1 is 0.789 bits per heavy atom. The highest BCUT2D eigenvalue weighted by Crippen LogP contribution is 2.40. The van der Waals surface area contributed by atoms with E-state index in [9.17, 15) is 9.59 Å². The molecule has 6 heteroatoms. The lowest BCUT2D eigenvalue weighted by Crippen LogP contribution is -2.29. The van der Waals surface area contributed by atoms with E-state index in [1.165, 1.54) is 0 Å². The van der Waals surface area contributed by atoms with E-state index in [-0.39, 0.29) is 17.1 Å². The van der Waals surface area contributed by atoms with Gasteiger partial charge in [0.15, 0.2) is 5.43 Å².